The van der Waals surface area contributed by atoms with Crippen LogP contribution in [0.5, 0.6) is 5.75 Å². The number of aryl methyl sites for hydroxylation is 1. The lowest BCUT2D eigenvalue weighted by molar-refractivity contribution is 0.0386. The Labute approximate surface area is 159 Å². The predicted molar refractivity (Wildman–Crippen MR) is 102 cm³/mol. The minimum Gasteiger partial charge on any atom is -0.497 e. The van der Waals surface area contributed by atoms with Crippen molar-refractivity contribution in [2.24, 2.45) is 0 Å². The second-order valence-corrected chi connectivity index (χ2v) is 7.67. The molecule has 4 rings (SSSR count). The Balaban J connectivity index is 1.77. The van der Waals surface area contributed by atoms with Gasteiger partial charge in [0, 0.05) is 6.54 Å². The normalized spacial score (nSPS) is 18.3. The van der Waals surface area contributed by atoms with Crippen LogP contribution in [0.15, 0.2) is 30.3 Å². The largest absolute Gasteiger partial charge is 0.497 e. The summed E-state index contributed by atoms with van der Waals surface area (Å²) in [6, 6.07) is 9.87. The Morgan fingerprint density at radius 2 is 1.88 bits per heavy atom. The van der Waals surface area contributed by atoms with E-state index in [1.54, 1.807) is 7.11 Å². The molecule has 136 valence electrons. The van der Waals surface area contributed by atoms with Crippen molar-refractivity contribution in [2.45, 2.75) is 51.1 Å². The fourth-order valence-corrected chi connectivity index (χ4v) is 4.79. The SMILES string of the molecule is COc1ccc(CN2C(=O)c3c(cc(Cl)nc3C)C23CCCCC3)cc1. The van der Waals surface area contributed by atoms with E-state index in [4.69, 9.17) is 16.3 Å². The summed E-state index contributed by atoms with van der Waals surface area (Å²) in [5.41, 5.74) is 3.42. The van der Waals surface area contributed by atoms with Crippen LogP contribution in [-0.4, -0.2) is 22.9 Å². The van der Waals surface area contributed by atoms with Gasteiger partial charge in [-0.1, -0.05) is 43.0 Å². The molecular weight excluding hydrogens is 348 g/mol. The molecule has 1 aromatic heterocycles. The number of ether oxygens (including phenoxy) is 1. The summed E-state index contributed by atoms with van der Waals surface area (Å²) in [7, 11) is 1.66. The molecule has 1 aliphatic carbocycles. The number of hydrogen-bond acceptors (Lipinski definition) is 3. The molecule has 1 amide bonds. The standard InChI is InChI=1S/C21H23ClN2O2/c1-14-19-17(12-18(22)23-14)21(10-4-3-5-11-21)24(20(19)25)13-15-6-8-16(26-2)9-7-15/h6-9,12H,3-5,10-11,13H2,1-2H3. The van der Waals surface area contributed by atoms with Crippen LogP contribution in [-0.2, 0) is 12.1 Å². The van der Waals surface area contributed by atoms with Crippen molar-refractivity contribution in [3.63, 3.8) is 0 Å². The van der Waals surface area contributed by atoms with Crippen LogP contribution in [0.3, 0.4) is 0 Å². The quantitative estimate of drug-likeness (QED) is 0.724. The molecule has 1 aromatic carbocycles. The monoisotopic (exact) mass is 370 g/mol. The van der Waals surface area contributed by atoms with E-state index in [1.807, 2.05) is 37.3 Å². The van der Waals surface area contributed by atoms with Crippen molar-refractivity contribution in [3.8, 4) is 5.75 Å². The molecule has 2 aliphatic rings. The predicted octanol–water partition coefficient (Wildman–Crippen LogP) is 4.87. The Morgan fingerprint density at radius 3 is 2.54 bits per heavy atom. The number of halogens is 1. The summed E-state index contributed by atoms with van der Waals surface area (Å²) in [4.78, 5) is 19.7. The third-order valence-electron chi connectivity index (χ3n) is 5.83. The topological polar surface area (TPSA) is 42.4 Å². The third-order valence-corrected chi connectivity index (χ3v) is 6.02. The third kappa shape index (κ3) is 2.67. The minimum absolute atomic E-state index is 0.0828. The molecule has 0 saturated heterocycles. The molecule has 0 bridgehead atoms. The molecular formula is C21H23ClN2O2. The Morgan fingerprint density at radius 1 is 1.19 bits per heavy atom. The lowest BCUT2D eigenvalue weighted by Crippen LogP contribution is -2.44. The lowest BCUT2D eigenvalue weighted by Gasteiger charge is -2.42. The summed E-state index contributed by atoms with van der Waals surface area (Å²) < 4.78 is 5.25. The van der Waals surface area contributed by atoms with Gasteiger partial charge < -0.3 is 9.64 Å². The number of hydrogen-bond donors (Lipinski definition) is 0. The summed E-state index contributed by atoms with van der Waals surface area (Å²) in [5, 5.41) is 0.477. The first-order valence-electron chi connectivity index (χ1n) is 9.18. The molecule has 0 radical (unpaired) electrons. The summed E-state index contributed by atoms with van der Waals surface area (Å²) >= 11 is 6.27. The molecule has 0 atom stereocenters. The number of carbonyl (C=O) groups excluding carboxylic acids is 1. The van der Waals surface area contributed by atoms with Gasteiger partial charge in [0.05, 0.1) is 23.9 Å². The van der Waals surface area contributed by atoms with Gasteiger partial charge in [-0.05, 0) is 49.1 Å². The van der Waals surface area contributed by atoms with Gasteiger partial charge in [-0.2, -0.15) is 0 Å². The van der Waals surface area contributed by atoms with Crippen molar-refractivity contribution >= 4 is 17.5 Å². The molecule has 0 unspecified atom stereocenters. The number of pyridine rings is 1. The Hall–Kier alpha value is -2.07. The van der Waals surface area contributed by atoms with Crippen LogP contribution in [0.1, 0.15) is 59.3 Å². The van der Waals surface area contributed by atoms with Crippen LogP contribution < -0.4 is 4.74 Å². The second kappa shape index (κ2) is 6.58. The smallest absolute Gasteiger partial charge is 0.257 e. The Kier molecular flexibility index (Phi) is 4.39. The van der Waals surface area contributed by atoms with E-state index in [-0.39, 0.29) is 11.4 Å². The number of rotatable bonds is 3. The average Bonchev–Trinajstić information content (AvgIpc) is 2.86. The van der Waals surface area contributed by atoms with Crippen molar-refractivity contribution in [3.05, 3.63) is 57.9 Å². The van der Waals surface area contributed by atoms with Gasteiger partial charge in [0.15, 0.2) is 0 Å². The van der Waals surface area contributed by atoms with Gasteiger partial charge in [-0.25, -0.2) is 4.98 Å². The van der Waals surface area contributed by atoms with Crippen molar-refractivity contribution in [2.75, 3.05) is 7.11 Å². The second-order valence-electron chi connectivity index (χ2n) is 7.28. The first-order chi connectivity index (χ1) is 12.5. The highest BCUT2D eigenvalue weighted by atomic mass is 35.5. The summed E-state index contributed by atoms with van der Waals surface area (Å²) in [6.07, 6.45) is 5.46. The fourth-order valence-electron chi connectivity index (χ4n) is 4.56. The maximum Gasteiger partial charge on any atom is 0.257 e. The zero-order chi connectivity index (χ0) is 18.3. The molecule has 2 aromatic rings. The van der Waals surface area contributed by atoms with E-state index in [2.05, 4.69) is 9.88 Å². The molecule has 1 fully saturated rings. The number of fused-ring (bicyclic) bond motifs is 2. The van der Waals surface area contributed by atoms with E-state index >= 15 is 0 Å². The number of nitrogens with zero attached hydrogens (tertiary/aromatic N) is 2. The van der Waals surface area contributed by atoms with E-state index < -0.39 is 0 Å². The van der Waals surface area contributed by atoms with Crippen LogP contribution >= 0.6 is 11.6 Å². The van der Waals surface area contributed by atoms with Gasteiger partial charge in [0.25, 0.3) is 5.91 Å². The molecule has 0 N–H and O–H groups in total. The number of methoxy groups -OCH3 is 1. The molecule has 1 spiro atoms. The molecule has 2 heterocycles. The average molecular weight is 371 g/mol. The zero-order valence-electron chi connectivity index (χ0n) is 15.2. The summed E-state index contributed by atoms with van der Waals surface area (Å²) in [6.45, 7) is 2.48. The number of aromatic nitrogens is 1. The van der Waals surface area contributed by atoms with Gasteiger partial charge in [0.2, 0.25) is 0 Å². The highest BCUT2D eigenvalue weighted by Gasteiger charge is 2.50. The highest BCUT2D eigenvalue weighted by Crippen LogP contribution is 2.50. The maximum atomic E-state index is 13.3. The fraction of sp³-hybridized carbons (Fsp3) is 0.429. The molecule has 1 aliphatic heterocycles. The number of carbonyl (C=O) groups is 1. The van der Waals surface area contributed by atoms with Crippen molar-refractivity contribution in [1.82, 2.24) is 9.88 Å². The van der Waals surface area contributed by atoms with Gasteiger partial charge in [-0.3, -0.25) is 4.79 Å². The summed E-state index contributed by atoms with van der Waals surface area (Å²) in [5.74, 6) is 0.906. The molecule has 4 nitrogen and oxygen atoms in total. The molecule has 5 heteroatoms. The van der Waals surface area contributed by atoms with Crippen LogP contribution in [0, 0.1) is 6.92 Å². The Bertz CT molecular complexity index is 842. The van der Waals surface area contributed by atoms with Crippen LogP contribution in [0.4, 0.5) is 0 Å². The number of benzene rings is 1. The van der Waals surface area contributed by atoms with Crippen LogP contribution in [0.2, 0.25) is 5.15 Å². The highest BCUT2D eigenvalue weighted by molar-refractivity contribution is 6.29. The molecule has 26 heavy (non-hydrogen) atoms. The first-order valence-corrected chi connectivity index (χ1v) is 9.55. The number of amides is 1. The minimum atomic E-state index is -0.248. The van der Waals surface area contributed by atoms with E-state index in [1.165, 1.54) is 6.42 Å². The van der Waals surface area contributed by atoms with E-state index in [0.29, 0.717) is 11.7 Å². The van der Waals surface area contributed by atoms with Gasteiger partial charge in [0.1, 0.15) is 10.9 Å². The van der Waals surface area contributed by atoms with Gasteiger partial charge >= 0.3 is 0 Å². The molecule has 1 saturated carbocycles. The maximum absolute atomic E-state index is 13.3. The first kappa shape index (κ1) is 17.3. The van der Waals surface area contributed by atoms with Crippen molar-refractivity contribution in [1.29, 1.82) is 0 Å². The van der Waals surface area contributed by atoms with Gasteiger partial charge in [-0.15, -0.1) is 0 Å². The van der Waals surface area contributed by atoms with Crippen molar-refractivity contribution < 1.29 is 9.53 Å². The zero-order valence-corrected chi connectivity index (χ0v) is 16.0. The lowest BCUT2D eigenvalue weighted by atomic mass is 9.76. The van der Waals surface area contributed by atoms with E-state index in [9.17, 15) is 4.79 Å². The van der Waals surface area contributed by atoms with Crippen LogP contribution in [0.25, 0.3) is 0 Å². The van der Waals surface area contributed by atoms with E-state index in [0.717, 1.165) is 53.8 Å².